The number of rotatable bonds is 7. The van der Waals surface area contributed by atoms with Crippen LogP contribution in [0.15, 0.2) is 72.8 Å². The first-order valence-corrected chi connectivity index (χ1v) is 10.6. The predicted octanol–water partition coefficient (Wildman–Crippen LogP) is 5.95. The zero-order chi connectivity index (χ0) is 21.6. The predicted molar refractivity (Wildman–Crippen MR) is 124 cm³/mol. The van der Waals surface area contributed by atoms with E-state index in [2.05, 4.69) is 48.7 Å². The molecule has 3 aromatic rings. The van der Waals surface area contributed by atoms with Crippen LogP contribution in [-0.4, -0.2) is 26.4 Å². The smallest absolute Gasteiger partial charge is 0.407 e. The Hall–Kier alpha value is -3.53. The lowest BCUT2D eigenvalue weighted by Crippen LogP contribution is -2.26. The van der Waals surface area contributed by atoms with Crippen LogP contribution < -0.4 is 10.1 Å². The number of benzene rings is 3. The molecule has 3 aromatic carbocycles. The van der Waals surface area contributed by atoms with Crippen LogP contribution in [0.1, 0.15) is 34.6 Å². The number of carbonyl (C=O) groups is 1. The van der Waals surface area contributed by atoms with E-state index in [0.29, 0.717) is 13.2 Å². The third-order valence-electron chi connectivity index (χ3n) is 5.70. The average molecular weight is 414 g/mol. The van der Waals surface area contributed by atoms with Crippen LogP contribution in [0.2, 0.25) is 0 Å². The fraction of sp³-hybridized carbons (Fsp3) is 0.222. The number of alkyl carbamates (subject to hydrolysis) is 1. The Morgan fingerprint density at radius 1 is 1.00 bits per heavy atom. The molecule has 4 nitrogen and oxygen atoms in total. The summed E-state index contributed by atoms with van der Waals surface area (Å²) in [6.07, 6.45) is 4.47. The molecule has 0 heterocycles. The van der Waals surface area contributed by atoms with Crippen LogP contribution in [0.4, 0.5) is 4.79 Å². The second-order valence-corrected chi connectivity index (χ2v) is 7.67. The first-order chi connectivity index (χ1) is 15.2. The van der Waals surface area contributed by atoms with Gasteiger partial charge in [0.1, 0.15) is 12.4 Å². The summed E-state index contributed by atoms with van der Waals surface area (Å²) in [6, 6.07) is 22.7. The Kier molecular flexibility index (Phi) is 6.37. The van der Waals surface area contributed by atoms with Crippen molar-refractivity contribution in [3.05, 3.63) is 95.1 Å². The molecule has 0 aliphatic heterocycles. The molecule has 1 amide bonds. The number of fused-ring (bicyclic) bond motifs is 3. The third-order valence-corrected chi connectivity index (χ3v) is 5.70. The maximum Gasteiger partial charge on any atom is 0.407 e. The maximum absolute atomic E-state index is 12.2. The van der Waals surface area contributed by atoms with Crippen LogP contribution in [-0.2, 0) is 4.74 Å². The summed E-state index contributed by atoms with van der Waals surface area (Å²) in [4.78, 5) is 12.2. The van der Waals surface area contributed by atoms with Gasteiger partial charge in [-0.1, -0.05) is 66.7 Å². The van der Waals surface area contributed by atoms with Gasteiger partial charge in [0.2, 0.25) is 0 Å². The van der Waals surface area contributed by atoms with E-state index in [9.17, 15) is 4.79 Å². The van der Waals surface area contributed by atoms with Gasteiger partial charge in [-0.25, -0.2) is 4.79 Å². The SMILES string of the molecule is COc1ccc(C=CCCNC(=O)OCC2c3ccccc3-c3ccccc32)c(C)c1. The lowest BCUT2D eigenvalue weighted by Gasteiger charge is -2.14. The van der Waals surface area contributed by atoms with Gasteiger partial charge in [-0.15, -0.1) is 0 Å². The zero-order valence-electron chi connectivity index (χ0n) is 17.9. The Bertz CT molecular complexity index is 1060. The molecule has 0 bridgehead atoms. The van der Waals surface area contributed by atoms with Gasteiger partial charge < -0.3 is 14.8 Å². The summed E-state index contributed by atoms with van der Waals surface area (Å²) < 4.78 is 10.8. The van der Waals surface area contributed by atoms with Crippen LogP contribution in [0.5, 0.6) is 5.75 Å². The first kappa shape index (κ1) is 20.7. The molecule has 0 spiro atoms. The van der Waals surface area contributed by atoms with Crippen molar-refractivity contribution in [2.24, 2.45) is 0 Å². The highest BCUT2D eigenvalue weighted by atomic mass is 16.5. The highest BCUT2D eigenvalue weighted by Crippen LogP contribution is 2.44. The molecule has 0 saturated heterocycles. The minimum Gasteiger partial charge on any atom is -0.497 e. The van der Waals surface area contributed by atoms with Crippen LogP contribution >= 0.6 is 0 Å². The van der Waals surface area contributed by atoms with Gasteiger partial charge in [-0.2, -0.15) is 0 Å². The molecule has 0 aromatic heterocycles. The monoisotopic (exact) mass is 413 g/mol. The molecule has 31 heavy (non-hydrogen) atoms. The number of aryl methyl sites for hydroxylation is 1. The second-order valence-electron chi connectivity index (χ2n) is 7.67. The number of ether oxygens (including phenoxy) is 2. The number of methoxy groups -OCH3 is 1. The molecule has 0 atom stereocenters. The molecule has 4 rings (SSSR count). The Morgan fingerprint density at radius 2 is 1.68 bits per heavy atom. The van der Waals surface area contributed by atoms with Crippen molar-refractivity contribution in [3.63, 3.8) is 0 Å². The van der Waals surface area contributed by atoms with Gasteiger partial charge >= 0.3 is 6.09 Å². The van der Waals surface area contributed by atoms with E-state index in [1.807, 2.05) is 42.5 Å². The van der Waals surface area contributed by atoms with E-state index >= 15 is 0 Å². The van der Waals surface area contributed by atoms with Crippen molar-refractivity contribution in [3.8, 4) is 16.9 Å². The lowest BCUT2D eigenvalue weighted by molar-refractivity contribution is 0.143. The van der Waals surface area contributed by atoms with E-state index < -0.39 is 0 Å². The van der Waals surface area contributed by atoms with Crippen molar-refractivity contribution in [1.29, 1.82) is 0 Å². The average Bonchev–Trinajstić information content (AvgIpc) is 3.12. The molecular weight excluding hydrogens is 386 g/mol. The van der Waals surface area contributed by atoms with Crippen LogP contribution in [0, 0.1) is 6.92 Å². The topological polar surface area (TPSA) is 47.6 Å². The van der Waals surface area contributed by atoms with Gasteiger partial charge in [0.25, 0.3) is 0 Å². The molecule has 1 aliphatic carbocycles. The molecule has 158 valence electrons. The molecule has 1 N–H and O–H groups in total. The van der Waals surface area contributed by atoms with Crippen molar-refractivity contribution in [2.45, 2.75) is 19.3 Å². The minimum absolute atomic E-state index is 0.0797. The summed E-state index contributed by atoms with van der Waals surface area (Å²) in [5.41, 5.74) is 7.18. The number of hydrogen-bond acceptors (Lipinski definition) is 3. The lowest BCUT2D eigenvalue weighted by atomic mass is 9.98. The Morgan fingerprint density at radius 3 is 2.32 bits per heavy atom. The van der Waals surface area contributed by atoms with Crippen LogP contribution in [0.25, 0.3) is 17.2 Å². The van der Waals surface area contributed by atoms with Gasteiger partial charge in [-0.05, 0) is 58.9 Å². The fourth-order valence-electron chi connectivity index (χ4n) is 4.08. The zero-order valence-corrected chi connectivity index (χ0v) is 17.9. The third kappa shape index (κ3) is 4.64. The minimum atomic E-state index is -0.379. The standard InChI is InChI=1S/C27H27NO3/c1-19-17-21(30-2)15-14-20(19)9-7-8-16-28-27(29)31-18-26-24-12-5-3-10-22(24)23-11-4-6-13-25(23)26/h3-7,9-15,17,26H,8,16,18H2,1-2H3,(H,28,29). The summed E-state index contributed by atoms with van der Waals surface area (Å²) in [5.74, 6) is 0.933. The van der Waals surface area contributed by atoms with Crippen molar-refractivity contribution < 1.29 is 14.3 Å². The Balaban J connectivity index is 1.27. The van der Waals surface area contributed by atoms with E-state index in [-0.39, 0.29) is 12.0 Å². The molecule has 0 saturated carbocycles. The molecular formula is C27H27NO3. The molecule has 0 unspecified atom stereocenters. The Labute approximate surface area is 183 Å². The van der Waals surface area contributed by atoms with Crippen molar-refractivity contribution >= 4 is 12.2 Å². The fourth-order valence-corrected chi connectivity index (χ4v) is 4.08. The second kappa shape index (κ2) is 9.52. The largest absolute Gasteiger partial charge is 0.497 e. The van der Waals surface area contributed by atoms with E-state index in [1.54, 1.807) is 7.11 Å². The molecule has 0 fully saturated rings. The van der Waals surface area contributed by atoms with E-state index in [4.69, 9.17) is 9.47 Å². The molecule has 0 radical (unpaired) electrons. The number of hydrogen-bond donors (Lipinski definition) is 1. The highest BCUT2D eigenvalue weighted by Gasteiger charge is 2.28. The summed E-state index contributed by atoms with van der Waals surface area (Å²) in [6.45, 7) is 2.92. The molecule has 4 heteroatoms. The van der Waals surface area contributed by atoms with Gasteiger partial charge in [-0.3, -0.25) is 0 Å². The number of carbonyl (C=O) groups excluding carboxylic acids is 1. The quantitative estimate of drug-likeness (QED) is 0.487. The van der Waals surface area contributed by atoms with Gasteiger partial charge in [0, 0.05) is 12.5 Å². The molecule has 1 aliphatic rings. The summed E-state index contributed by atoms with van der Waals surface area (Å²) >= 11 is 0. The van der Waals surface area contributed by atoms with E-state index in [0.717, 1.165) is 23.3 Å². The van der Waals surface area contributed by atoms with Crippen molar-refractivity contribution in [1.82, 2.24) is 5.32 Å². The van der Waals surface area contributed by atoms with Crippen molar-refractivity contribution in [2.75, 3.05) is 20.3 Å². The number of amides is 1. The van der Waals surface area contributed by atoms with Crippen LogP contribution in [0.3, 0.4) is 0 Å². The summed E-state index contributed by atoms with van der Waals surface area (Å²) in [5, 5.41) is 2.84. The normalized spacial score (nSPS) is 12.5. The number of nitrogens with one attached hydrogen (secondary N) is 1. The van der Waals surface area contributed by atoms with E-state index in [1.165, 1.54) is 22.3 Å². The highest BCUT2D eigenvalue weighted by molar-refractivity contribution is 5.79. The summed E-state index contributed by atoms with van der Waals surface area (Å²) in [7, 11) is 1.67. The maximum atomic E-state index is 12.2. The van der Waals surface area contributed by atoms with Gasteiger partial charge in [0.05, 0.1) is 7.11 Å². The first-order valence-electron chi connectivity index (χ1n) is 10.6. The van der Waals surface area contributed by atoms with Gasteiger partial charge in [0.15, 0.2) is 0 Å².